The molecule has 2 N–H and O–H groups in total. The Kier molecular flexibility index (Phi) is 3.80. The second kappa shape index (κ2) is 5.36. The van der Waals surface area contributed by atoms with Crippen molar-refractivity contribution in [1.82, 2.24) is 10.3 Å². The zero-order valence-corrected chi connectivity index (χ0v) is 11.5. The van der Waals surface area contributed by atoms with E-state index in [-0.39, 0.29) is 5.91 Å². The quantitative estimate of drug-likeness (QED) is 0.898. The SMILES string of the molecule is CC[C@H](NC(=O)c1ccc2sc(C)nc2c1)C(=O)O. The van der Waals surface area contributed by atoms with Gasteiger partial charge in [-0.15, -0.1) is 11.3 Å². The lowest BCUT2D eigenvalue weighted by atomic mass is 10.1. The number of aromatic nitrogens is 1. The number of thiazole rings is 1. The van der Waals surface area contributed by atoms with Crippen LogP contribution in [0.2, 0.25) is 0 Å². The van der Waals surface area contributed by atoms with E-state index in [9.17, 15) is 9.59 Å². The molecule has 6 heteroatoms. The average Bonchev–Trinajstić information content (AvgIpc) is 2.74. The lowest BCUT2D eigenvalue weighted by Crippen LogP contribution is -2.40. The van der Waals surface area contributed by atoms with Crippen LogP contribution >= 0.6 is 11.3 Å². The predicted molar refractivity (Wildman–Crippen MR) is 73.5 cm³/mol. The van der Waals surface area contributed by atoms with Gasteiger partial charge in [0.2, 0.25) is 0 Å². The van der Waals surface area contributed by atoms with Crippen molar-refractivity contribution in [1.29, 1.82) is 0 Å². The summed E-state index contributed by atoms with van der Waals surface area (Å²) in [5.41, 5.74) is 1.19. The largest absolute Gasteiger partial charge is 0.480 e. The number of nitrogens with one attached hydrogen (secondary N) is 1. The molecule has 1 atom stereocenters. The Morgan fingerprint density at radius 2 is 2.21 bits per heavy atom. The number of aryl methyl sites for hydroxylation is 1. The second-order valence-corrected chi connectivity index (χ2v) is 5.42. The third-order valence-electron chi connectivity index (χ3n) is 2.77. The molecule has 2 rings (SSSR count). The molecule has 100 valence electrons. The Balaban J connectivity index is 2.23. The van der Waals surface area contributed by atoms with Crippen molar-refractivity contribution < 1.29 is 14.7 Å². The number of carboxylic acids is 1. The van der Waals surface area contributed by atoms with Crippen molar-refractivity contribution in [2.45, 2.75) is 26.3 Å². The van der Waals surface area contributed by atoms with E-state index in [4.69, 9.17) is 5.11 Å². The summed E-state index contributed by atoms with van der Waals surface area (Å²) < 4.78 is 1.01. The molecule has 19 heavy (non-hydrogen) atoms. The minimum Gasteiger partial charge on any atom is -0.480 e. The topological polar surface area (TPSA) is 79.3 Å². The summed E-state index contributed by atoms with van der Waals surface area (Å²) in [5, 5.41) is 12.3. The highest BCUT2D eigenvalue weighted by atomic mass is 32.1. The van der Waals surface area contributed by atoms with Gasteiger partial charge in [-0.3, -0.25) is 4.79 Å². The Labute approximate surface area is 114 Å². The molecule has 1 aromatic carbocycles. The van der Waals surface area contributed by atoms with Crippen LogP contribution in [-0.4, -0.2) is 28.0 Å². The van der Waals surface area contributed by atoms with E-state index in [2.05, 4.69) is 10.3 Å². The Hall–Kier alpha value is -1.95. The fourth-order valence-electron chi connectivity index (χ4n) is 1.76. The normalized spacial score (nSPS) is 12.3. The van der Waals surface area contributed by atoms with Gasteiger partial charge in [-0.25, -0.2) is 9.78 Å². The van der Waals surface area contributed by atoms with Crippen LogP contribution in [0.15, 0.2) is 18.2 Å². The number of benzene rings is 1. The zero-order valence-electron chi connectivity index (χ0n) is 10.6. The number of aliphatic carboxylic acids is 1. The first kappa shape index (κ1) is 13.5. The minimum atomic E-state index is -1.03. The molecule has 1 heterocycles. The maximum atomic E-state index is 12.0. The zero-order chi connectivity index (χ0) is 14.0. The Morgan fingerprint density at radius 3 is 2.84 bits per heavy atom. The van der Waals surface area contributed by atoms with Crippen LogP contribution < -0.4 is 5.32 Å². The van der Waals surface area contributed by atoms with Gasteiger partial charge in [0.05, 0.1) is 15.2 Å². The summed E-state index contributed by atoms with van der Waals surface area (Å²) in [4.78, 5) is 27.2. The van der Waals surface area contributed by atoms with Crippen LogP contribution in [-0.2, 0) is 4.79 Å². The Morgan fingerprint density at radius 1 is 1.47 bits per heavy atom. The second-order valence-electron chi connectivity index (χ2n) is 4.19. The molecular weight excluding hydrogens is 264 g/mol. The first-order valence-corrected chi connectivity index (χ1v) is 6.73. The molecule has 0 saturated carbocycles. The van der Waals surface area contributed by atoms with Gasteiger partial charge < -0.3 is 10.4 Å². The molecule has 0 unspecified atom stereocenters. The predicted octanol–water partition coefficient (Wildman–Crippen LogP) is 2.20. The highest BCUT2D eigenvalue weighted by Gasteiger charge is 2.18. The molecule has 0 fully saturated rings. The summed E-state index contributed by atoms with van der Waals surface area (Å²) in [6.07, 6.45) is 0.346. The van der Waals surface area contributed by atoms with Gasteiger partial charge in [0.25, 0.3) is 5.91 Å². The van der Waals surface area contributed by atoms with Crippen LogP contribution in [0, 0.1) is 6.92 Å². The van der Waals surface area contributed by atoms with Crippen molar-refractivity contribution >= 4 is 33.4 Å². The van der Waals surface area contributed by atoms with Gasteiger partial charge in [-0.05, 0) is 31.5 Å². The van der Waals surface area contributed by atoms with Gasteiger partial charge in [-0.2, -0.15) is 0 Å². The molecule has 0 saturated heterocycles. The van der Waals surface area contributed by atoms with Gasteiger partial charge >= 0.3 is 5.97 Å². The van der Waals surface area contributed by atoms with Crippen LogP contribution in [0.25, 0.3) is 10.2 Å². The number of nitrogens with zero attached hydrogens (tertiary/aromatic N) is 1. The Bertz CT molecular complexity index is 636. The molecular formula is C13H14N2O3S. The third kappa shape index (κ3) is 2.90. The smallest absolute Gasteiger partial charge is 0.326 e. The standard InChI is InChI=1S/C13H14N2O3S/c1-3-9(13(17)18)15-12(16)8-4-5-11-10(6-8)14-7(2)19-11/h4-6,9H,3H2,1-2H3,(H,15,16)(H,17,18)/t9-/m0/s1. The fourth-order valence-corrected chi connectivity index (χ4v) is 2.57. The minimum absolute atomic E-state index is 0.346. The van der Waals surface area contributed by atoms with Crippen LogP contribution in [0.5, 0.6) is 0 Å². The van der Waals surface area contributed by atoms with Crippen molar-refractivity contribution in [3.63, 3.8) is 0 Å². The van der Waals surface area contributed by atoms with E-state index < -0.39 is 12.0 Å². The number of rotatable bonds is 4. The number of fused-ring (bicyclic) bond motifs is 1. The van der Waals surface area contributed by atoms with Gasteiger partial charge in [0, 0.05) is 5.56 Å². The summed E-state index contributed by atoms with van der Waals surface area (Å²) in [5.74, 6) is -1.41. The van der Waals surface area contributed by atoms with E-state index in [0.29, 0.717) is 12.0 Å². The van der Waals surface area contributed by atoms with Crippen LogP contribution in [0.1, 0.15) is 28.7 Å². The van der Waals surface area contributed by atoms with E-state index in [0.717, 1.165) is 15.2 Å². The molecule has 0 bridgehead atoms. The highest BCUT2D eigenvalue weighted by Crippen LogP contribution is 2.22. The molecule has 2 aromatic rings. The van der Waals surface area contributed by atoms with Gasteiger partial charge in [0.1, 0.15) is 6.04 Å². The number of carboxylic acid groups (broad SMARTS) is 1. The third-order valence-corrected chi connectivity index (χ3v) is 3.72. The van der Waals surface area contributed by atoms with E-state index in [1.807, 2.05) is 13.0 Å². The molecule has 5 nitrogen and oxygen atoms in total. The molecule has 0 spiro atoms. The van der Waals surface area contributed by atoms with E-state index in [1.54, 1.807) is 30.4 Å². The summed E-state index contributed by atoms with van der Waals surface area (Å²) in [6.45, 7) is 3.62. The molecule has 1 amide bonds. The highest BCUT2D eigenvalue weighted by molar-refractivity contribution is 7.18. The van der Waals surface area contributed by atoms with Gasteiger partial charge in [0.15, 0.2) is 0 Å². The number of carbonyl (C=O) groups is 2. The molecule has 0 radical (unpaired) electrons. The summed E-state index contributed by atoms with van der Waals surface area (Å²) in [6, 6.07) is 4.34. The average molecular weight is 278 g/mol. The monoisotopic (exact) mass is 278 g/mol. The first-order chi connectivity index (χ1) is 9.01. The van der Waals surface area contributed by atoms with Gasteiger partial charge in [-0.1, -0.05) is 6.92 Å². The number of hydrogen-bond donors (Lipinski definition) is 2. The lowest BCUT2D eigenvalue weighted by Gasteiger charge is -2.11. The number of amides is 1. The van der Waals surface area contributed by atoms with Crippen molar-refractivity contribution in [3.05, 3.63) is 28.8 Å². The van der Waals surface area contributed by atoms with E-state index >= 15 is 0 Å². The van der Waals surface area contributed by atoms with Crippen LogP contribution in [0.3, 0.4) is 0 Å². The van der Waals surface area contributed by atoms with E-state index in [1.165, 1.54) is 0 Å². The number of carbonyl (C=O) groups excluding carboxylic acids is 1. The fraction of sp³-hybridized carbons (Fsp3) is 0.308. The molecule has 1 aromatic heterocycles. The maximum absolute atomic E-state index is 12.0. The summed E-state index contributed by atoms with van der Waals surface area (Å²) >= 11 is 1.56. The maximum Gasteiger partial charge on any atom is 0.326 e. The molecule has 0 aliphatic carbocycles. The van der Waals surface area contributed by atoms with Crippen LogP contribution in [0.4, 0.5) is 0 Å². The molecule has 0 aliphatic rings. The summed E-state index contributed by atoms with van der Waals surface area (Å²) in [7, 11) is 0. The van der Waals surface area contributed by atoms with Crippen molar-refractivity contribution in [3.8, 4) is 0 Å². The lowest BCUT2D eigenvalue weighted by molar-refractivity contribution is -0.139. The first-order valence-electron chi connectivity index (χ1n) is 5.92. The number of hydrogen-bond acceptors (Lipinski definition) is 4. The van der Waals surface area contributed by atoms with Crippen molar-refractivity contribution in [2.24, 2.45) is 0 Å². The molecule has 0 aliphatic heterocycles. The van der Waals surface area contributed by atoms with Crippen molar-refractivity contribution in [2.75, 3.05) is 0 Å².